The zero-order chi connectivity index (χ0) is 12.4. The van der Waals surface area contributed by atoms with Gasteiger partial charge in [-0.25, -0.2) is 9.66 Å². The molecule has 92 valence electrons. The number of carbonyl (C=O) groups is 1. The van der Waals surface area contributed by atoms with Crippen LogP contribution in [0.5, 0.6) is 0 Å². The number of rotatable bonds is 3. The minimum Gasteiger partial charge on any atom is -0.273 e. The van der Waals surface area contributed by atoms with Crippen molar-refractivity contribution in [2.45, 2.75) is 19.3 Å². The molecular weight excluding hydrogens is 226 g/mol. The number of carbonyl (C=O) groups excluding carboxylic acids is 1. The first-order valence-corrected chi connectivity index (χ1v) is 6.21. The molecule has 1 unspecified atom stereocenters. The Morgan fingerprint density at radius 2 is 2.33 bits per heavy atom. The van der Waals surface area contributed by atoms with Gasteiger partial charge >= 0.3 is 0 Å². The van der Waals surface area contributed by atoms with Crippen molar-refractivity contribution in [2.75, 3.05) is 5.43 Å². The van der Waals surface area contributed by atoms with E-state index in [2.05, 4.69) is 22.6 Å². The Kier molecular flexibility index (Phi) is 2.84. The average Bonchev–Trinajstić information content (AvgIpc) is 3.00. The highest BCUT2D eigenvalue weighted by atomic mass is 16.2. The van der Waals surface area contributed by atoms with Gasteiger partial charge in [-0.15, -0.1) is 0 Å². The molecule has 0 saturated carbocycles. The van der Waals surface area contributed by atoms with Gasteiger partial charge in [0.2, 0.25) is 5.91 Å². The number of nitrogens with zero attached hydrogens (tertiary/aromatic N) is 2. The summed E-state index contributed by atoms with van der Waals surface area (Å²) in [5.74, 6) is 0.425. The third-order valence-electron chi connectivity index (χ3n) is 3.26. The number of fused-ring (bicyclic) bond motifs is 1. The second kappa shape index (κ2) is 4.64. The molecule has 0 saturated heterocycles. The second-order valence-corrected chi connectivity index (χ2v) is 4.61. The predicted molar refractivity (Wildman–Crippen MR) is 70.6 cm³/mol. The van der Waals surface area contributed by atoms with Gasteiger partial charge in [-0.05, 0) is 30.9 Å². The van der Waals surface area contributed by atoms with Crippen LogP contribution in [-0.2, 0) is 4.79 Å². The predicted octanol–water partition coefficient (Wildman–Crippen LogP) is 2.46. The van der Waals surface area contributed by atoms with Crippen molar-refractivity contribution in [1.29, 1.82) is 0 Å². The summed E-state index contributed by atoms with van der Waals surface area (Å²) in [5.41, 5.74) is 4.68. The zero-order valence-corrected chi connectivity index (χ0v) is 10.0. The van der Waals surface area contributed by atoms with E-state index in [-0.39, 0.29) is 5.91 Å². The van der Waals surface area contributed by atoms with Crippen LogP contribution in [-0.4, -0.2) is 15.6 Å². The van der Waals surface area contributed by atoms with Gasteiger partial charge in [0, 0.05) is 6.42 Å². The maximum absolute atomic E-state index is 11.9. The molecular formula is C14H15N3O. The molecule has 0 radical (unpaired) electrons. The molecule has 1 aromatic carbocycles. The van der Waals surface area contributed by atoms with E-state index < -0.39 is 0 Å². The first kappa shape index (κ1) is 11.0. The van der Waals surface area contributed by atoms with E-state index in [0.717, 1.165) is 23.9 Å². The lowest BCUT2D eigenvalue weighted by Crippen LogP contribution is -2.23. The molecule has 18 heavy (non-hydrogen) atoms. The highest BCUT2D eigenvalue weighted by molar-refractivity contribution is 5.86. The normalized spacial score (nSPS) is 18.3. The summed E-state index contributed by atoms with van der Waals surface area (Å²) in [7, 11) is 0. The van der Waals surface area contributed by atoms with Crippen LogP contribution in [0.3, 0.4) is 0 Å². The van der Waals surface area contributed by atoms with E-state index >= 15 is 0 Å². The summed E-state index contributed by atoms with van der Waals surface area (Å²) in [6.45, 7) is 0. The monoisotopic (exact) mass is 241 g/mol. The molecule has 0 bridgehead atoms. The van der Waals surface area contributed by atoms with Gasteiger partial charge in [-0.3, -0.25) is 10.2 Å². The van der Waals surface area contributed by atoms with E-state index in [4.69, 9.17) is 0 Å². The summed E-state index contributed by atoms with van der Waals surface area (Å²) in [6, 6.07) is 7.74. The van der Waals surface area contributed by atoms with Crippen molar-refractivity contribution < 1.29 is 4.79 Å². The van der Waals surface area contributed by atoms with E-state index in [1.165, 1.54) is 0 Å². The molecule has 0 spiro atoms. The van der Waals surface area contributed by atoms with E-state index in [0.29, 0.717) is 12.3 Å². The summed E-state index contributed by atoms with van der Waals surface area (Å²) in [4.78, 5) is 16.2. The first-order valence-electron chi connectivity index (χ1n) is 6.21. The van der Waals surface area contributed by atoms with Crippen LogP contribution < -0.4 is 5.43 Å². The first-order chi connectivity index (χ1) is 8.83. The number of amides is 1. The maximum Gasteiger partial charge on any atom is 0.239 e. The van der Waals surface area contributed by atoms with Gasteiger partial charge < -0.3 is 0 Å². The lowest BCUT2D eigenvalue weighted by Gasteiger charge is -2.09. The number of hydrogen-bond donors (Lipinski definition) is 1. The Labute approximate surface area is 105 Å². The Hall–Kier alpha value is -2.10. The van der Waals surface area contributed by atoms with Gasteiger partial charge in [0.05, 0.1) is 11.0 Å². The van der Waals surface area contributed by atoms with Crippen molar-refractivity contribution in [3.63, 3.8) is 0 Å². The molecule has 4 nitrogen and oxygen atoms in total. The van der Waals surface area contributed by atoms with Crippen molar-refractivity contribution in [3.05, 3.63) is 42.7 Å². The van der Waals surface area contributed by atoms with Crippen LogP contribution in [0.25, 0.3) is 11.0 Å². The molecule has 1 atom stereocenters. The molecule has 1 amide bonds. The standard InChI is InChI=1S/C14H15N3O/c18-14(9-11-5-1-2-6-11)16-17-10-15-12-7-3-4-8-13(12)17/h1,3-5,7-8,10-11H,2,6,9H2,(H,16,18). The minimum atomic E-state index is 0.0368. The summed E-state index contributed by atoms with van der Waals surface area (Å²) in [6.07, 6.45) is 8.64. The number of benzene rings is 1. The maximum atomic E-state index is 11.9. The number of aromatic nitrogens is 2. The average molecular weight is 241 g/mol. The highest BCUT2D eigenvalue weighted by Crippen LogP contribution is 2.20. The molecule has 1 heterocycles. The van der Waals surface area contributed by atoms with E-state index in [1.54, 1.807) is 11.0 Å². The van der Waals surface area contributed by atoms with Crippen molar-refractivity contribution in [3.8, 4) is 0 Å². The molecule has 3 rings (SSSR count). The molecule has 4 heteroatoms. The highest BCUT2D eigenvalue weighted by Gasteiger charge is 2.14. The number of nitrogens with one attached hydrogen (secondary N) is 1. The molecule has 2 aromatic rings. The van der Waals surface area contributed by atoms with Crippen LogP contribution in [0.2, 0.25) is 0 Å². The fourth-order valence-electron chi connectivity index (χ4n) is 2.33. The number of imidazole rings is 1. The fourth-order valence-corrected chi connectivity index (χ4v) is 2.33. The zero-order valence-electron chi connectivity index (χ0n) is 10.0. The van der Waals surface area contributed by atoms with Crippen LogP contribution in [0.15, 0.2) is 42.7 Å². The Morgan fingerprint density at radius 1 is 1.44 bits per heavy atom. The van der Waals surface area contributed by atoms with E-state index in [9.17, 15) is 4.79 Å². The fraction of sp³-hybridized carbons (Fsp3) is 0.286. The topological polar surface area (TPSA) is 46.9 Å². The summed E-state index contributed by atoms with van der Waals surface area (Å²) in [5, 5.41) is 0. The Balaban J connectivity index is 1.72. The second-order valence-electron chi connectivity index (χ2n) is 4.61. The molecule has 1 aromatic heterocycles. The van der Waals surface area contributed by atoms with Crippen LogP contribution >= 0.6 is 0 Å². The summed E-state index contributed by atoms with van der Waals surface area (Å²) >= 11 is 0. The molecule has 1 aliphatic rings. The van der Waals surface area contributed by atoms with Crippen molar-refractivity contribution in [2.24, 2.45) is 5.92 Å². The number of para-hydroxylation sites is 2. The third kappa shape index (κ3) is 2.14. The lowest BCUT2D eigenvalue weighted by atomic mass is 10.1. The van der Waals surface area contributed by atoms with Crippen molar-refractivity contribution >= 4 is 16.9 Å². The number of hydrogen-bond acceptors (Lipinski definition) is 2. The van der Waals surface area contributed by atoms with Crippen LogP contribution in [0, 0.1) is 5.92 Å². The molecule has 0 fully saturated rings. The van der Waals surface area contributed by atoms with Gasteiger partial charge in [0.1, 0.15) is 6.33 Å². The van der Waals surface area contributed by atoms with Gasteiger partial charge in [-0.2, -0.15) is 0 Å². The number of allylic oxidation sites excluding steroid dienone is 2. The Morgan fingerprint density at radius 3 is 3.17 bits per heavy atom. The summed E-state index contributed by atoms with van der Waals surface area (Å²) < 4.78 is 1.69. The van der Waals surface area contributed by atoms with Gasteiger partial charge in [-0.1, -0.05) is 24.3 Å². The smallest absolute Gasteiger partial charge is 0.239 e. The third-order valence-corrected chi connectivity index (χ3v) is 3.26. The largest absolute Gasteiger partial charge is 0.273 e. The Bertz CT molecular complexity index is 600. The minimum absolute atomic E-state index is 0.0368. The molecule has 1 N–H and O–H groups in total. The lowest BCUT2D eigenvalue weighted by molar-refractivity contribution is -0.117. The van der Waals surface area contributed by atoms with Crippen LogP contribution in [0.1, 0.15) is 19.3 Å². The van der Waals surface area contributed by atoms with Crippen molar-refractivity contribution in [1.82, 2.24) is 9.66 Å². The van der Waals surface area contributed by atoms with Crippen LogP contribution in [0.4, 0.5) is 0 Å². The molecule has 0 aliphatic heterocycles. The van der Waals surface area contributed by atoms with Gasteiger partial charge in [0.25, 0.3) is 0 Å². The SMILES string of the molecule is O=C(CC1C=CCC1)Nn1cnc2ccccc21. The van der Waals surface area contributed by atoms with E-state index in [1.807, 2.05) is 24.3 Å². The quantitative estimate of drug-likeness (QED) is 0.839. The molecule has 1 aliphatic carbocycles. The van der Waals surface area contributed by atoms with Gasteiger partial charge in [0.15, 0.2) is 0 Å².